The van der Waals surface area contributed by atoms with E-state index in [1.165, 1.54) is 0 Å². The van der Waals surface area contributed by atoms with Crippen molar-refractivity contribution in [3.05, 3.63) is 0 Å². The first-order valence-electron chi connectivity index (χ1n) is 5.25. The van der Waals surface area contributed by atoms with E-state index >= 15 is 0 Å². The Kier molecular flexibility index (Phi) is 5.28. The van der Waals surface area contributed by atoms with Crippen molar-refractivity contribution in [1.82, 2.24) is 0 Å². The zero-order chi connectivity index (χ0) is 14.7. The second-order valence-electron chi connectivity index (χ2n) is 3.74. The Labute approximate surface area is 104 Å². The van der Waals surface area contributed by atoms with Gasteiger partial charge in [-0.3, -0.25) is 13.6 Å². The van der Waals surface area contributed by atoms with Crippen LogP contribution >= 0.6 is 7.82 Å². The number of hydrogen-bond donors (Lipinski definition) is 0. The molecule has 0 aliphatic carbocycles. The fraction of sp³-hybridized carbons (Fsp3) is 1.00. The summed E-state index contributed by atoms with van der Waals surface area (Å²) in [4.78, 5) is 0. The van der Waals surface area contributed by atoms with Crippen molar-refractivity contribution in [1.29, 1.82) is 0 Å². The molecule has 1 fully saturated rings. The number of rotatable bonds is 2. The molecule has 1 aliphatic heterocycles. The van der Waals surface area contributed by atoms with E-state index in [-0.39, 0.29) is 13.2 Å². The quantitative estimate of drug-likeness (QED) is 0.574. The SMILES string of the molecule is O=P1(OC(C(F)(F)F)C(F)(F)F)OCCCCCO1. The topological polar surface area (TPSA) is 44.8 Å². The van der Waals surface area contributed by atoms with Crippen LogP contribution in [0.15, 0.2) is 0 Å². The molecule has 0 amide bonds. The fourth-order valence-electron chi connectivity index (χ4n) is 1.27. The summed E-state index contributed by atoms with van der Waals surface area (Å²) in [5, 5.41) is 0. The molecule has 0 atom stereocenters. The molecule has 0 bridgehead atoms. The van der Waals surface area contributed by atoms with E-state index in [1.54, 1.807) is 0 Å². The molecule has 1 heterocycles. The third-order valence-corrected chi connectivity index (χ3v) is 3.58. The predicted octanol–water partition coefficient (Wildman–Crippen LogP) is 3.82. The van der Waals surface area contributed by atoms with Gasteiger partial charge in [0.1, 0.15) is 0 Å². The molecular formula is C8H11F6O4P. The predicted molar refractivity (Wildman–Crippen MR) is 50.3 cm³/mol. The van der Waals surface area contributed by atoms with E-state index in [2.05, 4.69) is 13.6 Å². The van der Waals surface area contributed by atoms with Gasteiger partial charge in [0.15, 0.2) is 0 Å². The van der Waals surface area contributed by atoms with E-state index in [1.807, 2.05) is 0 Å². The van der Waals surface area contributed by atoms with Gasteiger partial charge in [-0.1, -0.05) is 0 Å². The first kappa shape index (κ1) is 16.7. The van der Waals surface area contributed by atoms with Crippen LogP contribution in [0.25, 0.3) is 0 Å². The highest BCUT2D eigenvalue weighted by molar-refractivity contribution is 7.48. The van der Waals surface area contributed by atoms with Crippen LogP contribution in [-0.2, 0) is 18.1 Å². The molecule has 0 spiro atoms. The molecule has 0 N–H and O–H groups in total. The van der Waals surface area contributed by atoms with Gasteiger partial charge in [-0.15, -0.1) is 0 Å². The van der Waals surface area contributed by atoms with Gasteiger partial charge in [-0.25, -0.2) is 4.57 Å². The van der Waals surface area contributed by atoms with Gasteiger partial charge in [0.2, 0.25) is 0 Å². The Morgan fingerprint density at radius 1 is 0.895 bits per heavy atom. The molecule has 1 aliphatic rings. The first-order chi connectivity index (χ1) is 8.55. The molecule has 114 valence electrons. The van der Waals surface area contributed by atoms with Crippen LogP contribution in [0.5, 0.6) is 0 Å². The molecule has 0 aromatic heterocycles. The van der Waals surface area contributed by atoms with E-state index in [0.717, 1.165) is 0 Å². The van der Waals surface area contributed by atoms with Gasteiger partial charge in [-0.05, 0) is 19.3 Å². The van der Waals surface area contributed by atoms with Crippen molar-refractivity contribution >= 4 is 7.82 Å². The number of hydrogen-bond acceptors (Lipinski definition) is 4. The Morgan fingerprint density at radius 3 is 1.68 bits per heavy atom. The van der Waals surface area contributed by atoms with Crippen molar-refractivity contribution in [2.45, 2.75) is 37.7 Å². The van der Waals surface area contributed by atoms with Crippen LogP contribution in [0.1, 0.15) is 19.3 Å². The van der Waals surface area contributed by atoms with Crippen molar-refractivity contribution in [2.75, 3.05) is 13.2 Å². The van der Waals surface area contributed by atoms with Gasteiger partial charge in [0.05, 0.1) is 13.2 Å². The molecule has 0 unspecified atom stereocenters. The van der Waals surface area contributed by atoms with Crippen molar-refractivity contribution in [2.24, 2.45) is 0 Å². The lowest BCUT2D eigenvalue weighted by Gasteiger charge is -2.27. The van der Waals surface area contributed by atoms with E-state index in [4.69, 9.17) is 0 Å². The van der Waals surface area contributed by atoms with E-state index in [9.17, 15) is 30.9 Å². The first-order valence-corrected chi connectivity index (χ1v) is 6.72. The summed E-state index contributed by atoms with van der Waals surface area (Å²) in [5.74, 6) is 0. The van der Waals surface area contributed by atoms with Crippen LogP contribution in [0, 0.1) is 0 Å². The third kappa shape index (κ3) is 5.29. The Hall–Kier alpha value is -0.310. The highest BCUT2D eigenvalue weighted by Crippen LogP contribution is 2.55. The maximum absolute atomic E-state index is 12.2. The largest absolute Gasteiger partial charge is 0.475 e. The minimum absolute atomic E-state index is 0.292. The fourth-order valence-corrected chi connectivity index (χ4v) is 2.66. The highest BCUT2D eigenvalue weighted by atomic mass is 31.2. The van der Waals surface area contributed by atoms with Crippen LogP contribution < -0.4 is 0 Å². The molecule has 19 heavy (non-hydrogen) atoms. The van der Waals surface area contributed by atoms with Gasteiger partial charge in [0, 0.05) is 0 Å². The van der Waals surface area contributed by atoms with Crippen LogP contribution in [-0.4, -0.2) is 31.7 Å². The van der Waals surface area contributed by atoms with Crippen LogP contribution in [0.4, 0.5) is 26.3 Å². The summed E-state index contributed by atoms with van der Waals surface area (Å²) in [6.45, 7) is -0.584. The summed E-state index contributed by atoms with van der Waals surface area (Å²) < 4.78 is 97.5. The zero-order valence-electron chi connectivity index (χ0n) is 9.46. The lowest BCUT2D eigenvalue weighted by molar-refractivity contribution is -0.304. The second kappa shape index (κ2) is 5.99. The lowest BCUT2D eigenvalue weighted by atomic mass is 10.2. The third-order valence-electron chi connectivity index (χ3n) is 2.12. The van der Waals surface area contributed by atoms with Crippen LogP contribution in [0.2, 0.25) is 0 Å². The van der Waals surface area contributed by atoms with Crippen LogP contribution in [0.3, 0.4) is 0 Å². The molecule has 0 saturated carbocycles. The Morgan fingerprint density at radius 2 is 1.32 bits per heavy atom. The van der Waals surface area contributed by atoms with Crippen molar-refractivity contribution in [3.63, 3.8) is 0 Å². The summed E-state index contributed by atoms with van der Waals surface area (Å²) in [6, 6.07) is 0. The van der Waals surface area contributed by atoms with Crippen molar-refractivity contribution in [3.8, 4) is 0 Å². The molecule has 4 nitrogen and oxygen atoms in total. The highest BCUT2D eigenvalue weighted by Gasteiger charge is 2.61. The summed E-state index contributed by atoms with van der Waals surface area (Å²) in [6.07, 6.45) is -14.4. The molecular weight excluding hydrogens is 305 g/mol. The monoisotopic (exact) mass is 316 g/mol. The minimum atomic E-state index is -5.76. The van der Waals surface area contributed by atoms with Gasteiger partial charge < -0.3 is 0 Å². The second-order valence-corrected chi connectivity index (χ2v) is 5.36. The smallest absolute Gasteiger partial charge is 0.287 e. The number of alkyl halides is 6. The van der Waals surface area contributed by atoms with E-state index < -0.39 is 26.3 Å². The molecule has 1 rings (SSSR count). The summed E-state index contributed by atoms with van der Waals surface area (Å²) >= 11 is 0. The average molecular weight is 316 g/mol. The summed E-state index contributed by atoms with van der Waals surface area (Å²) in [7, 11) is -4.87. The van der Waals surface area contributed by atoms with Crippen molar-refractivity contribution < 1.29 is 44.5 Å². The van der Waals surface area contributed by atoms with Gasteiger partial charge >= 0.3 is 20.2 Å². The molecule has 11 heteroatoms. The maximum Gasteiger partial charge on any atom is 0.475 e. The van der Waals surface area contributed by atoms with E-state index in [0.29, 0.717) is 19.3 Å². The zero-order valence-corrected chi connectivity index (χ0v) is 10.4. The lowest BCUT2D eigenvalue weighted by Crippen LogP contribution is -2.44. The standard InChI is InChI=1S/C8H11F6O4P/c9-7(10,11)6(8(12,13)14)18-19(15)16-4-2-1-3-5-17-19/h6H,1-5H2. The van der Waals surface area contributed by atoms with Gasteiger partial charge in [-0.2, -0.15) is 26.3 Å². The average Bonchev–Trinajstić information content (AvgIpc) is 2.18. The summed E-state index contributed by atoms with van der Waals surface area (Å²) in [5.41, 5.74) is 0. The molecule has 0 radical (unpaired) electrons. The molecule has 0 aromatic rings. The Bertz CT molecular complexity index is 315. The number of phosphoric acid groups is 1. The normalized spacial score (nSPS) is 22.1. The number of phosphoric ester groups is 1. The minimum Gasteiger partial charge on any atom is -0.287 e. The maximum atomic E-state index is 12.2. The molecule has 0 aromatic carbocycles. The Balaban J connectivity index is 2.84. The molecule has 1 saturated heterocycles. The van der Waals surface area contributed by atoms with Gasteiger partial charge in [0.25, 0.3) is 6.10 Å². The number of halogens is 6.